The number of aliphatic hydroxyl groups excluding tert-OH is 1. The molecule has 4 heterocycles. The maximum atomic E-state index is 13.5. The summed E-state index contributed by atoms with van der Waals surface area (Å²) in [5.74, 6) is 0.902. The molecule has 2 aromatic carbocycles. The third-order valence-electron chi connectivity index (χ3n) is 12.1. The Morgan fingerprint density at radius 2 is 1.70 bits per heavy atom. The number of aryl methyl sites for hydroxylation is 1. The molecular formula is C38H52ClN3O7S. The minimum absolute atomic E-state index is 0.143. The molecule has 0 spiro atoms. The Kier molecular flexibility index (Phi) is 11.0. The predicted octanol–water partition coefficient (Wildman–Crippen LogP) is 5.39. The number of anilines is 1. The fraction of sp³-hybridized carbons (Fsp3) is 0.658. The van der Waals surface area contributed by atoms with E-state index in [1.54, 1.807) is 13.0 Å². The van der Waals surface area contributed by atoms with E-state index in [9.17, 15) is 18.3 Å². The highest BCUT2D eigenvalue weighted by Gasteiger charge is 2.45. The van der Waals surface area contributed by atoms with E-state index >= 15 is 0 Å². The van der Waals surface area contributed by atoms with Gasteiger partial charge in [-0.25, -0.2) is 13.1 Å². The summed E-state index contributed by atoms with van der Waals surface area (Å²) in [5, 5.41) is 9.79. The topological polar surface area (TPSA) is 118 Å². The van der Waals surface area contributed by atoms with Gasteiger partial charge in [-0.2, -0.15) is 0 Å². The van der Waals surface area contributed by atoms with Gasteiger partial charge in [0.25, 0.3) is 5.91 Å². The summed E-state index contributed by atoms with van der Waals surface area (Å²) in [6.07, 6.45) is 6.88. The number of likely N-dealkylation sites (tertiary alicyclic amines) is 1. The molecule has 1 saturated carbocycles. The van der Waals surface area contributed by atoms with Crippen molar-refractivity contribution in [3.63, 3.8) is 0 Å². The summed E-state index contributed by atoms with van der Waals surface area (Å²) in [4.78, 5) is 18.1. The molecule has 4 aliphatic heterocycles. The Balaban J connectivity index is 1.19. The average molecular weight is 730 g/mol. The predicted molar refractivity (Wildman–Crippen MR) is 193 cm³/mol. The molecule has 0 aromatic heterocycles. The minimum atomic E-state index is -3.92. The Labute approximate surface area is 301 Å². The number of amides is 1. The molecule has 0 radical (unpaired) electrons. The molecule has 5 aliphatic rings. The molecule has 274 valence electrons. The second kappa shape index (κ2) is 15.3. The highest BCUT2D eigenvalue weighted by atomic mass is 35.5. The first-order valence-corrected chi connectivity index (χ1v) is 20.5. The summed E-state index contributed by atoms with van der Waals surface area (Å²) >= 11 is 6.38. The van der Waals surface area contributed by atoms with Gasteiger partial charge in [0.05, 0.1) is 36.3 Å². The smallest absolute Gasteiger partial charge is 0.264 e. The molecular weight excluding hydrogens is 678 g/mol. The summed E-state index contributed by atoms with van der Waals surface area (Å²) in [7, 11) is -3.92. The maximum Gasteiger partial charge on any atom is 0.264 e. The van der Waals surface area contributed by atoms with Crippen molar-refractivity contribution in [3.05, 3.63) is 58.1 Å². The number of nitrogens with zero attached hydrogens (tertiary/aromatic N) is 2. The van der Waals surface area contributed by atoms with Crippen LogP contribution >= 0.6 is 11.6 Å². The first-order chi connectivity index (χ1) is 24.1. The van der Waals surface area contributed by atoms with Gasteiger partial charge < -0.3 is 24.2 Å². The quantitative estimate of drug-likeness (QED) is 0.420. The summed E-state index contributed by atoms with van der Waals surface area (Å²) in [5.41, 5.74) is 3.38. The van der Waals surface area contributed by atoms with Crippen LogP contribution in [0.25, 0.3) is 0 Å². The number of halogens is 1. The van der Waals surface area contributed by atoms with E-state index in [0.717, 1.165) is 75.7 Å². The first-order valence-electron chi connectivity index (χ1n) is 18.6. The van der Waals surface area contributed by atoms with Crippen molar-refractivity contribution in [3.8, 4) is 5.75 Å². The number of sulfonamides is 1. The van der Waals surface area contributed by atoms with Crippen molar-refractivity contribution in [1.29, 1.82) is 0 Å². The molecule has 2 saturated heterocycles. The van der Waals surface area contributed by atoms with E-state index in [1.807, 2.05) is 37.3 Å². The molecule has 1 aliphatic carbocycles. The van der Waals surface area contributed by atoms with Gasteiger partial charge in [-0.05, 0) is 111 Å². The lowest BCUT2D eigenvalue weighted by Gasteiger charge is -2.49. The van der Waals surface area contributed by atoms with Crippen LogP contribution < -0.4 is 14.4 Å². The standard InChI is InChI=1S/C38H52ClN3O7S/c1-24-6-5-8-34(38-48-22-31(23-49-38)42-19-32(43)20-42)33-13-10-28(33)18-41-15-4-3-7-26-16-30(39)12-9-29(26)21-47-36-14-11-27(17-35(36)41)37(44)40-50(45,46)25(24)2/h9,11-12,14,16-17,24-25,28,31-34,38,43H,3-8,10,13,15,18-23H2,1-2H3,(H,40,44)/t24-,25+,28-,31-,33+,34+,38-/m0/s1. The monoisotopic (exact) mass is 729 g/mol. The van der Waals surface area contributed by atoms with Crippen LogP contribution in [0.4, 0.5) is 5.69 Å². The van der Waals surface area contributed by atoms with E-state index in [1.165, 1.54) is 5.56 Å². The number of ether oxygens (including phenoxy) is 3. The normalized spacial score (nSPS) is 32.9. The van der Waals surface area contributed by atoms with E-state index in [2.05, 4.69) is 14.5 Å². The van der Waals surface area contributed by atoms with Gasteiger partial charge in [0, 0.05) is 42.7 Å². The zero-order valence-corrected chi connectivity index (χ0v) is 30.8. The highest BCUT2D eigenvalue weighted by Crippen LogP contribution is 2.46. The van der Waals surface area contributed by atoms with E-state index in [0.29, 0.717) is 61.1 Å². The van der Waals surface area contributed by atoms with Gasteiger partial charge in [0.1, 0.15) is 12.4 Å². The Morgan fingerprint density at radius 1 is 0.900 bits per heavy atom. The second-order valence-corrected chi connectivity index (χ2v) is 17.8. The number of nitrogens with one attached hydrogen (secondary N) is 1. The number of β-amino-alcohol motifs (C(OH)–C–C–N with tert-alkyl or cyclic N) is 1. The van der Waals surface area contributed by atoms with E-state index < -0.39 is 21.2 Å². The molecule has 5 atom stereocenters. The fourth-order valence-corrected chi connectivity index (χ4v) is 10.1. The van der Waals surface area contributed by atoms with Gasteiger partial charge in [-0.3, -0.25) is 9.69 Å². The molecule has 2 N–H and O–H groups in total. The summed E-state index contributed by atoms with van der Waals surface area (Å²) < 4.78 is 48.8. The van der Waals surface area contributed by atoms with Crippen molar-refractivity contribution in [2.75, 3.05) is 44.3 Å². The Bertz CT molecular complexity index is 1630. The molecule has 12 heteroatoms. The van der Waals surface area contributed by atoms with Crippen LogP contribution in [0.15, 0.2) is 36.4 Å². The molecule has 50 heavy (non-hydrogen) atoms. The lowest BCUT2D eigenvalue weighted by atomic mass is 9.65. The fourth-order valence-electron chi connectivity index (χ4n) is 8.55. The molecule has 3 fully saturated rings. The number of fused-ring (bicyclic) bond motifs is 3. The van der Waals surface area contributed by atoms with Crippen LogP contribution in [0.3, 0.4) is 0 Å². The zero-order valence-electron chi connectivity index (χ0n) is 29.3. The van der Waals surface area contributed by atoms with Crippen LogP contribution in [-0.4, -0.2) is 87.4 Å². The SMILES string of the molecule is C[C@@H]1[C@@H](C)CCC[C@@H]([C@H]2OC[C@H](N3CC(O)C3)CO2)[C@@H]2CC[C@H]2CN2CCCCc3cc(Cl)ccc3COc3ccc(cc32)C(=O)NS1(=O)=O. The maximum absolute atomic E-state index is 13.5. The third kappa shape index (κ3) is 7.83. The van der Waals surface area contributed by atoms with Crippen molar-refractivity contribution in [2.45, 2.75) is 95.5 Å². The third-order valence-corrected chi connectivity index (χ3v) is 14.3. The molecule has 2 aromatic rings. The van der Waals surface area contributed by atoms with Crippen LogP contribution in [0.2, 0.25) is 5.02 Å². The van der Waals surface area contributed by atoms with Crippen LogP contribution in [0.1, 0.15) is 80.3 Å². The lowest BCUT2D eigenvalue weighted by molar-refractivity contribution is -0.250. The van der Waals surface area contributed by atoms with Gasteiger partial charge in [-0.15, -0.1) is 0 Å². The number of rotatable bonds is 2. The highest BCUT2D eigenvalue weighted by molar-refractivity contribution is 7.90. The van der Waals surface area contributed by atoms with Crippen molar-refractivity contribution >= 4 is 33.2 Å². The molecule has 10 nitrogen and oxygen atoms in total. The van der Waals surface area contributed by atoms with E-state index in [-0.39, 0.29) is 30.3 Å². The number of carbonyl (C=O) groups excluding carboxylic acids is 1. The van der Waals surface area contributed by atoms with Crippen molar-refractivity contribution < 1.29 is 32.5 Å². The number of hydrogen-bond donors (Lipinski definition) is 2. The molecule has 1 amide bonds. The van der Waals surface area contributed by atoms with Crippen molar-refractivity contribution in [2.24, 2.45) is 23.7 Å². The van der Waals surface area contributed by atoms with Gasteiger partial charge in [0.15, 0.2) is 6.29 Å². The molecule has 0 unspecified atom stereocenters. The van der Waals surface area contributed by atoms with Crippen molar-refractivity contribution in [1.82, 2.24) is 9.62 Å². The number of benzene rings is 2. The summed E-state index contributed by atoms with van der Waals surface area (Å²) in [6.45, 7) is 8.10. The summed E-state index contributed by atoms with van der Waals surface area (Å²) in [6, 6.07) is 11.4. The van der Waals surface area contributed by atoms with Crippen LogP contribution in [-0.2, 0) is 32.5 Å². The first kappa shape index (κ1) is 36.0. The number of hydrogen-bond acceptors (Lipinski definition) is 9. The zero-order chi connectivity index (χ0) is 35.0. The van der Waals surface area contributed by atoms with E-state index in [4.69, 9.17) is 25.8 Å². The Hall–Kier alpha value is -2.41. The Morgan fingerprint density at radius 3 is 2.44 bits per heavy atom. The number of carbonyl (C=O) groups is 1. The lowest BCUT2D eigenvalue weighted by Crippen LogP contribution is -2.60. The van der Waals surface area contributed by atoms with Crippen LogP contribution in [0, 0.1) is 23.7 Å². The largest absolute Gasteiger partial charge is 0.487 e. The molecule has 2 bridgehead atoms. The minimum Gasteiger partial charge on any atom is -0.487 e. The number of aliphatic hydroxyl groups is 1. The molecule has 7 rings (SSSR count). The van der Waals surface area contributed by atoms with Crippen LogP contribution in [0.5, 0.6) is 5.75 Å². The second-order valence-electron chi connectivity index (χ2n) is 15.3. The van der Waals surface area contributed by atoms with Gasteiger partial charge in [0.2, 0.25) is 10.0 Å². The van der Waals surface area contributed by atoms with Gasteiger partial charge >= 0.3 is 0 Å². The van der Waals surface area contributed by atoms with Gasteiger partial charge in [-0.1, -0.05) is 31.0 Å². The average Bonchev–Trinajstić information content (AvgIpc) is 3.10.